The highest BCUT2D eigenvalue weighted by molar-refractivity contribution is 9.10. The molecule has 0 saturated heterocycles. The lowest BCUT2D eigenvalue weighted by molar-refractivity contribution is 0.102. The van der Waals surface area contributed by atoms with Crippen molar-refractivity contribution in [2.75, 3.05) is 5.32 Å². The van der Waals surface area contributed by atoms with Gasteiger partial charge in [-0.3, -0.25) is 9.20 Å². The Morgan fingerprint density at radius 3 is 2.74 bits per heavy atom. The van der Waals surface area contributed by atoms with Gasteiger partial charge in [0.05, 0.1) is 5.69 Å². The molecule has 0 aliphatic heterocycles. The van der Waals surface area contributed by atoms with Gasteiger partial charge in [0.25, 0.3) is 5.91 Å². The Bertz CT molecular complexity index is 1200. The van der Waals surface area contributed by atoms with Crippen LogP contribution in [0.4, 0.5) is 5.69 Å². The van der Waals surface area contributed by atoms with Crippen LogP contribution < -0.4 is 5.32 Å². The van der Waals surface area contributed by atoms with Crippen LogP contribution in [0, 0.1) is 6.92 Å². The highest BCUT2D eigenvalue weighted by Crippen LogP contribution is 2.30. The molecule has 0 aliphatic rings. The SMILES string of the molecule is CCc1nc2c(C)cc(Br)cn2c1C(=O)Nc1cccc2c(O)cccc12. The number of amides is 1. The summed E-state index contributed by atoms with van der Waals surface area (Å²) in [6.07, 6.45) is 2.51. The van der Waals surface area contributed by atoms with Gasteiger partial charge in [0.1, 0.15) is 17.1 Å². The predicted molar refractivity (Wildman–Crippen MR) is 111 cm³/mol. The van der Waals surface area contributed by atoms with Crippen molar-refractivity contribution in [2.45, 2.75) is 20.3 Å². The zero-order valence-corrected chi connectivity index (χ0v) is 16.5. The number of halogens is 1. The normalized spacial score (nSPS) is 11.2. The van der Waals surface area contributed by atoms with Gasteiger partial charge in [0.2, 0.25) is 0 Å². The van der Waals surface area contributed by atoms with Crippen LogP contribution in [-0.4, -0.2) is 20.4 Å². The number of hydrogen-bond donors (Lipinski definition) is 2. The Kier molecular flexibility index (Phi) is 4.36. The first kappa shape index (κ1) is 17.5. The summed E-state index contributed by atoms with van der Waals surface area (Å²) in [6.45, 7) is 3.96. The molecule has 0 saturated carbocycles. The van der Waals surface area contributed by atoms with Gasteiger partial charge in [-0.25, -0.2) is 4.98 Å². The van der Waals surface area contributed by atoms with E-state index < -0.39 is 0 Å². The fourth-order valence-electron chi connectivity index (χ4n) is 3.39. The van der Waals surface area contributed by atoms with Gasteiger partial charge in [-0.15, -0.1) is 0 Å². The second-order valence-electron chi connectivity index (χ2n) is 6.43. The number of nitrogens with zero attached hydrogens (tertiary/aromatic N) is 2. The number of phenols is 1. The van der Waals surface area contributed by atoms with Gasteiger partial charge >= 0.3 is 0 Å². The zero-order chi connectivity index (χ0) is 19.1. The maximum absolute atomic E-state index is 13.2. The average Bonchev–Trinajstić information content (AvgIpc) is 3.01. The zero-order valence-electron chi connectivity index (χ0n) is 15.0. The van der Waals surface area contributed by atoms with Crippen LogP contribution in [0.25, 0.3) is 16.4 Å². The summed E-state index contributed by atoms with van der Waals surface area (Å²) in [4.78, 5) is 17.8. The van der Waals surface area contributed by atoms with Crippen molar-refractivity contribution in [1.29, 1.82) is 0 Å². The number of nitrogens with one attached hydrogen (secondary N) is 1. The molecule has 0 fully saturated rings. The number of phenolic OH excluding ortho intramolecular Hbond substituents is 1. The molecule has 4 rings (SSSR count). The number of aromatic hydroxyl groups is 1. The third-order valence-corrected chi connectivity index (χ3v) is 5.07. The molecular weight excluding hydrogens is 406 g/mol. The lowest BCUT2D eigenvalue weighted by Crippen LogP contribution is -2.16. The van der Waals surface area contributed by atoms with Gasteiger partial charge in [-0.1, -0.05) is 31.2 Å². The Morgan fingerprint density at radius 2 is 1.96 bits per heavy atom. The number of benzene rings is 2. The lowest BCUT2D eigenvalue weighted by atomic mass is 10.1. The number of hydrogen-bond acceptors (Lipinski definition) is 3. The van der Waals surface area contributed by atoms with E-state index in [2.05, 4.69) is 26.2 Å². The van der Waals surface area contributed by atoms with Gasteiger partial charge in [0.15, 0.2) is 0 Å². The highest BCUT2D eigenvalue weighted by atomic mass is 79.9. The molecule has 27 heavy (non-hydrogen) atoms. The van der Waals surface area contributed by atoms with E-state index in [0.717, 1.165) is 26.8 Å². The molecule has 2 N–H and O–H groups in total. The number of pyridine rings is 1. The molecule has 2 aromatic carbocycles. The maximum atomic E-state index is 13.2. The van der Waals surface area contributed by atoms with Crippen LogP contribution >= 0.6 is 15.9 Å². The Balaban J connectivity index is 1.84. The molecule has 0 bridgehead atoms. The molecule has 0 unspecified atom stereocenters. The smallest absolute Gasteiger partial charge is 0.274 e. The van der Waals surface area contributed by atoms with Gasteiger partial charge < -0.3 is 10.4 Å². The van der Waals surface area contributed by atoms with Crippen LogP contribution in [0.15, 0.2) is 53.1 Å². The monoisotopic (exact) mass is 423 g/mol. The van der Waals surface area contributed by atoms with Crippen molar-refractivity contribution in [3.05, 3.63) is 70.1 Å². The summed E-state index contributed by atoms with van der Waals surface area (Å²) in [6, 6.07) is 12.7. The largest absolute Gasteiger partial charge is 0.507 e. The van der Waals surface area contributed by atoms with Crippen molar-refractivity contribution >= 4 is 43.9 Å². The average molecular weight is 424 g/mol. The minimum absolute atomic E-state index is 0.187. The molecule has 136 valence electrons. The van der Waals surface area contributed by atoms with Crippen LogP contribution in [0.1, 0.15) is 28.7 Å². The summed E-state index contributed by atoms with van der Waals surface area (Å²) in [5.41, 5.74) is 3.69. The van der Waals surface area contributed by atoms with E-state index in [1.165, 1.54) is 0 Å². The lowest BCUT2D eigenvalue weighted by Gasteiger charge is -2.11. The summed E-state index contributed by atoms with van der Waals surface area (Å²) >= 11 is 3.50. The number of carbonyl (C=O) groups excluding carboxylic acids is 1. The second kappa shape index (κ2) is 6.70. The minimum atomic E-state index is -0.229. The standard InChI is InChI=1S/C21H18BrN3O2/c1-3-16-19(25-11-13(22)10-12(2)20(25)23-16)21(27)24-17-8-4-7-15-14(17)6-5-9-18(15)26/h4-11,26H,3H2,1-2H3,(H,24,27). The quantitative estimate of drug-likeness (QED) is 0.482. The summed E-state index contributed by atoms with van der Waals surface area (Å²) in [5.74, 6) is -0.0418. The first-order chi connectivity index (χ1) is 13.0. The van der Waals surface area contributed by atoms with Gasteiger partial charge in [-0.2, -0.15) is 0 Å². The van der Waals surface area contributed by atoms with Crippen LogP contribution in [-0.2, 0) is 6.42 Å². The molecular formula is C21H18BrN3O2. The molecule has 0 aliphatic carbocycles. The fourth-order valence-corrected chi connectivity index (χ4v) is 3.93. The Hall–Kier alpha value is -2.86. The Morgan fingerprint density at radius 1 is 1.22 bits per heavy atom. The third-order valence-electron chi connectivity index (χ3n) is 4.64. The number of anilines is 1. The molecule has 5 nitrogen and oxygen atoms in total. The van der Waals surface area contributed by atoms with Crippen molar-refractivity contribution < 1.29 is 9.90 Å². The molecule has 6 heteroatoms. The maximum Gasteiger partial charge on any atom is 0.274 e. The summed E-state index contributed by atoms with van der Waals surface area (Å²) in [5, 5.41) is 14.5. The van der Waals surface area contributed by atoms with E-state index >= 15 is 0 Å². The second-order valence-corrected chi connectivity index (χ2v) is 7.34. The minimum Gasteiger partial charge on any atom is -0.507 e. The molecule has 0 spiro atoms. The van der Waals surface area contributed by atoms with E-state index in [1.807, 2.05) is 54.8 Å². The van der Waals surface area contributed by atoms with Gasteiger partial charge in [0, 0.05) is 27.1 Å². The number of carbonyl (C=O) groups is 1. The number of aromatic nitrogens is 2. The van der Waals surface area contributed by atoms with E-state index in [9.17, 15) is 9.90 Å². The van der Waals surface area contributed by atoms with E-state index in [0.29, 0.717) is 23.2 Å². The van der Waals surface area contributed by atoms with E-state index in [1.54, 1.807) is 12.1 Å². The van der Waals surface area contributed by atoms with Gasteiger partial charge in [-0.05, 0) is 53.0 Å². The number of fused-ring (bicyclic) bond motifs is 2. The fraction of sp³-hybridized carbons (Fsp3) is 0.143. The van der Waals surface area contributed by atoms with E-state index in [-0.39, 0.29) is 11.7 Å². The number of rotatable bonds is 3. The molecule has 2 heterocycles. The third kappa shape index (κ3) is 2.96. The predicted octanol–water partition coefficient (Wildman–Crippen LogP) is 5.08. The van der Waals surface area contributed by atoms with E-state index in [4.69, 9.17) is 0 Å². The highest BCUT2D eigenvalue weighted by Gasteiger charge is 2.20. The van der Waals surface area contributed by atoms with Crippen LogP contribution in [0.2, 0.25) is 0 Å². The van der Waals surface area contributed by atoms with Crippen molar-refractivity contribution in [3.63, 3.8) is 0 Å². The molecule has 1 amide bonds. The first-order valence-corrected chi connectivity index (χ1v) is 9.48. The van der Waals surface area contributed by atoms with Crippen LogP contribution in [0.5, 0.6) is 5.75 Å². The molecule has 4 aromatic rings. The Labute approximate surface area is 164 Å². The molecule has 2 aromatic heterocycles. The van der Waals surface area contributed by atoms with Crippen LogP contribution in [0.3, 0.4) is 0 Å². The summed E-state index contributed by atoms with van der Waals surface area (Å²) in [7, 11) is 0. The molecule has 0 atom stereocenters. The van der Waals surface area contributed by atoms with Crippen molar-refractivity contribution in [3.8, 4) is 5.75 Å². The topological polar surface area (TPSA) is 66.6 Å². The summed E-state index contributed by atoms with van der Waals surface area (Å²) < 4.78 is 2.72. The number of imidazole rings is 1. The van der Waals surface area contributed by atoms with Crippen molar-refractivity contribution in [1.82, 2.24) is 9.38 Å². The number of aryl methyl sites for hydroxylation is 2. The van der Waals surface area contributed by atoms with Crippen molar-refractivity contribution in [2.24, 2.45) is 0 Å². The first-order valence-electron chi connectivity index (χ1n) is 8.68. The molecule has 0 radical (unpaired) electrons.